The summed E-state index contributed by atoms with van der Waals surface area (Å²) in [6.07, 6.45) is 7.16. The van der Waals surface area contributed by atoms with Crippen molar-refractivity contribution in [2.24, 2.45) is 11.3 Å². The van der Waals surface area contributed by atoms with E-state index in [4.69, 9.17) is 0 Å². The number of rotatable bonds is 0. The summed E-state index contributed by atoms with van der Waals surface area (Å²) in [5.74, 6) is 0.952. The first kappa shape index (κ1) is 8.55. The van der Waals surface area contributed by atoms with Crippen molar-refractivity contribution in [3.05, 3.63) is 0 Å². The van der Waals surface area contributed by atoms with Gasteiger partial charge in [0.25, 0.3) is 0 Å². The first-order valence-corrected chi connectivity index (χ1v) is 5.44. The molecular formula is C11H21N. The van der Waals surface area contributed by atoms with Gasteiger partial charge in [-0.25, -0.2) is 0 Å². The Hall–Kier alpha value is -0.0400. The molecule has 0 amide bonds. The second-order valence-corrected chi connectivity index (χ2v) is 5.14. The normalized spacial score (nSPS) is 48.5. The van der Waals surface area contributed by atoms with E-state index in [2.05, 4.69) is 19.2 Å². The van der Waals surface area contributed by atoms with Crippen LogP contribution in [-0.4, -0.2) is 12.6 Å². The van der Waals surface area contributed by atoms with Crippen LogP contribution in [0.4, 0.5) is 0 Å². The SMILES string of the molecule is CC1CCC2(C)CCCNC2C1. The Bertz CT molecular complexity index is 166. The Morgan fingerprint density at radius 2 is 2.17 bits per heavy atom. The second-order valence-electron chi connectivity index (χ2n) is 5.14. The molecule has 1 saturated carbocycles. The van der Waals surface area contributed by atoms with Gasteiger partial charge in [0.1, 0.15) is 0 Å². The van der Waals surface area contributed by atoms with Crippen molar-refractivity contribution < 1.29 is 0 Å². The van der Waals surface area contributed by atoms with Gasteiger partial charge in [0.05, 0.1) is 0 Å². The summed E-state index contributed by atoms with van der Waals surface area (Å²) >= 11 is 0. The van der Waals surface area contributed by atoms with E-state index in [1.165, 1.54) is 38.6 Å². The quantitative estimate of drug-likeness (QED) is 0.584. The largest absolute Gasteiger partial charge is 0.313 e. The average molecular weight is 167 g/mol. The van der Waals surface area contributed by atoms with Crippen LogP contribution in [0, 0.1) is 11.3 Å². The zero-order valence-electron chi connectivity index (χ0n) is 8.40. The van der Waals surface area contributed by atoms with Crippen LogP contribution in [0.1, 0.15) is 46.0 Å². The molecule has 0 aromatic carbocycles. The van der Waals surface area contributed by atoms with Crippen LogP contribution in [0.3, 0.4) is 0 Å². The Morgan fingerprint density at radius 1 is 1.33 bits per heavy atom. The predicted octanol–water partition coefficient (Wildman–Crippen LogP) is 2.56. The molecule has 1 saturated heterocycles. The highest BCUT2D eigenvalue weighted by molar-refractivity contribution is 4.95. The van der Waals surface area contributed by atoms with E-state index in [9.17, 15) is 0 Å². The number of hydrogen-bond acceptors (Lipinski definition) is 1. The third kappa shape index (κ3) is 1.39. The van der Waals surface area contributed by atoms with E-state index in [0.29, 0.717) is 5.41 Å². The summed E-state index contributed by atoms with van der Waals surface area (Å²) in [5, 5.41) is 3.69. The van der Waals surface area contributed by atoms with Crippen LogP contribution in [0.25, 0.3) is 0 Å². The Morgan fingerprint density at radius 3 is 3.00 bits per heavy atom. The molecule has 1 aliphatic carbocycles. The highest BCUT2D eigenvalue weighted by Crippen LogP contribution is 2.43. The first-order chi connectivity index (χ1) is 5.71. The lowest BCUT2D eigenvalue weighted by Crippen LogP contribution is -2.51. The molecule has 0 radical (unpaired) electrons. The van der Waals surface area contributed by atoms with Gasteiger partial charge >= 0.3 is 0 Å². The third-order valence-electron chi connectivity index (χ3n) is 4.00. The van der Waals surface area contributed by atoms with Crippen LogP contribution >= 0.6 is 0 Å². The van der Waals surface area contributed by atoms with Gasteiger partial charge in [0.2, 0.25) is 0 Å². The van der Waals surface area contributed by atoms with Crippen molar-refractivity contribution in [1.82, 2.24) is 5.32 Å². The summed E-state index contributed by atoms with van der Waals surface area (Å²) in [5.41, 5.74) is 0.644. The van der Waals surface area contributed by atoms with E-state index in [1.807, 2.05) is 0 Å². The summed E-state index contributed by atoms with van der Waals surface area (Å²) in [6, 6.07) is 0.829. The van der Waals surface area contributed by atoms with E-state index >= 15 is 0 Å². The number of fused-ring (bicyclic) bond motifs is 1. The Kier molecular flexibility index (Phi) is 2.16. The molecule has 2 aliphatic rings. The molecule has 1 heteroatoms. The molecule has 0 bridgehead atoms. The number of piperidine rings is 1. The molecule has 2 rings (SSSR count). The van der Waals surface area contributed by atoms with Gasteiger partial charge < -0.3 is 5.32 Å². The van der Waals surface area contributed by atoms with Crippen molar-refractivity contribution in [2.45, 2.75) is 52.0 Å². The predicted molar refractivity (Wildman–Crippen MR) is 52.1 cm³/mol. The fourth-order valence-corrected chi connectivity index (χ4v) is 2.95. The zero-order valence-corrected chi connectivity index (χ0v) is 8.40. The molecule has 0 aromatic heterocycles. The topological polar surface area (TPSA) is 12.0 Å². The highest BCUT2D eigenvalue weighted by atomic mass is 14.9. The molecule has 3 unspecified atom stereocenters. The van der Waals surface area contributed by atoms with Gasteiger partial charge in [-0.15, -0.1) is 0 Å². The molecule has 1 aliphatic heterocycles. The standard InChI is InChI=1S/C11H21N/c1-9-4-6-11(2)5-3-7-12-10(11)8-9/h9-10,12H,3-8H2,1-2H3. The maximum atomic E-state index is 3.69. The lowest BCUT2D eigenvalue weighted by Gasteiger charge is -2.47. The minimum absolute atomic E-state index is 0.644. The van der Waals surface area contributed by atoms with Gasteiger partial charge in [-0.2, -0.15) is 0 Å². The summed E-state index contributed by atoms with van der Waals surface area (Å²) in [7, 11) is 0. The van der Waals surface area contributed by atoms with Crippen molar-refractivity contribution in [1.29, 1.82) is 0 Å². The zero-order chi connectivity index (χ0) is 8.60. The fourth-order valence-electron chi connectivity index (χ4n) is 2.95. The van der Waals surface area contributed by atoms with E-state index < -0.39 is 0 Å². The van der Waals surface area contributed by atoms with Crippen LogP contribution < -0.4 is 5.32 Å². The van der Waals surface area contributed by atoms with Crippen LogP contribution in [0.15, 0.2) is 0 Å². The maximum Gasteiger partial charge on any atom is 0.0123 e. The van der Waals surface area contributed by atoms with Crippen LogP contribution in [0.5, 0.6) is 0 Å². The third-order valence-corrected chi connectivity index (χ3v) is 4.00. The smallest absolute Gasteiger partial charge is 0.0123 e. The first-order valence-electron chi connectivity index (χ1n) is 5.44. The Labute approximate surface area is 75.9 Å². The van der Waals surface area contributed by atoms with Crippen molar-refractivity contribution >= 4 is 0 Å². The molecule has 0 aromatic rings. The van der Waals surface area contributed by atoms with Gasteiger partial charge in [-0.05, 0) is 43.6 Å². The van der Waals surface area contributed by atoms with E-state index in [1.54, 1.807) is 0 Å². The van der Waals surface area contributed by atoms with E-state index in [0.717, 1.165) is 12.0 Å². The molecule has 2 fully saturated rings. The van der Waals surface area contributed by atoms with Crippen LogP contribution in [-0.2, 0) is 0 Å². The summed E-state index contributed by atoms with van der Waals surface area (Å²) < 4.78 is 0. The molecule has 1 nitrogen and oxygen atoms in total. The van der Waals surface area contributed by atoms with Crippen molar-refractivity contribution in [2.75, 3.05) is 6.54 Å². The van der Waals surface area contributed by atoms with Gasteiger partial charge in [-0.1, -0.05) is 20.3 Å². The number of hydrogen-bond donors (Lipinski definition) is 1. The van der Waals surface area contributed by atoms with Crippen LogP contribution in [0.2, 0.25) is 0 Å². The summed E-state index contributed by atoms with van der Waals surface area (Å²) in [4.78, 5) is 0. The highest BCUT2D eigenvalue weighted by Gasteiger charge is 2.39. The van der Waals surface area contributed by atoms with Crippen molar-refractivity contribution in [3.8, 4) is 0 Å². The van der Waals surface area contributed by atoms with Gasteiger partial charge in [-0.3, -0.25) is 0 Å². The second kappa shape index (κ2) is 3.02. The number of nitrogens with one attached hydrogen (secondary N) is 1. The van der Waals surface area contributed by atoms with Gasteiger partial charge in [0, 0.05) is 6.04 Å². The van der Waals surface area contributed by atoms with Gasteiger partial charge in [0.15, 0.2) is 0 Å². The average Bonchev–Trinajstić information content (AvgIpc) is 2.06. The molecule has 70 valence electrons. The fraction of sp³-hybridized carbons (Fsp3) is 1.00. The molecule has 0 spiro atoms. The van der Waals surface area contributed by atoms with Crippen molar-refractivity contribution in [3.63, 3.8) is 0 Å². The lowest BCUT2D eigenvalue weighted by atomic mass is 9.65. The molecule has 3 atom stereocenters. The van der Waals surface area contributed by atoms with E-state index in [-0.39, 0.29) is 0 Å². The molecular weight excluding hydrogens is 146 g/mol. The lowest BCUT2D eigenvalue weighted by molar-refractivity contribution is 0.0788. The maximum absolute atomic E-state index is 3.69. The minimum Gasteiger partial charge on any atom is -0.313 e. The molecule has 1 N–H and O–H groups in total. The summed E-state index contributed by atoms with van der Waals surface area (Å²) in [6.45, 7) is 6.14. The monoisotopic (exact) mass is 167 g/mol. The minimum atomic E-state index is 0.644. The molecule has 1 heterocycles. The molecule has 12 heavy (non-hydrogen) atoms. The Balaban J connectivity index is 2.06.